The maximum atomic E-state index is 13.1. The highest BCUT2D eigenvalue weighted by atomic mass is 19.4. The molecule has 1 N–H and O–H groups in total. The number of ether oxygens (including phenoxy) is 3. The van der Waals surface area contributed by atoms with Crippen molar-refractivity contribution < 1.29 is 27.4 Å². The smallest absolute Gasteiger partial charge is 0.416 e. The molecule has 178 valence electrons. The van der Waals surface area contributed by atoms with Crippen LogP contribution < -0.4 is 14.8 Å². The maximum Gasteiger partial charge on any atom is 0.416 e. The first-order chi connectivity index (χ1) is 15.7. The van der Waals surface area contributed by atoms with E-state index in [9.17, 15) is 13.2 Å². The molecule has 1 unspecified atom stereocenters. The second-order valence-corrected chi connectivity index (χ2v) is 7.58. The first-order valence-corrected chi connectivity index (χ1v) is 10.5. The highest BCUT2D eigenvalue weighted by Crippen LogP contribution is 2.36. The predicted octanol–water partition coefficient (Wildman–Crippen LogP) is 5.34. The number of nitrogens with one attached hydrogen (secondary N) is 1. The normalized spacial score (nSPS) is 13.6. The molecule has 7 nitrogen and oxygen atoms in total. The molecule has 0 radical (unpaired) electrons. The third-order valence-electron chi connectivity index (χ3n) is 5.10. The van der Waals surface area contributed by atoms with Crippen LogP contribution in [0.25, 0.3) is 10.9 Å². The lowest BCUT2D eigenvalue weighted by Crippen LogP contribution is -2.21. The van der Waals surface area contributed by atoms with E-state index >= 15 is 0 Å². The summed E-state index contributed by atoms with van der Waals surface area (Å²) >= 11 is 0. The first kappa shape index (κ1) is 24.5. The third-order valence-corrected chi connectivity index (χ3v) is 5.10. The number of alkyl halides is 3. The zero-order valence-electron chi connectivity index (χ0n) is 19.2. The summed E-state index contributed by atoms with van der Waals surface area (Å²) in [5, 5.41) is 3.82. The number of fused-ring (bicyclic) bond motifs is 1. The molecular formula is C23H27F3N4O3. The monoisotopic (exact) mass is 464 g/mol. The van der Waals surface area contributed by atoms with Gasteiger partial charge < -0.3 is 19.5 Å². The van der Waals surface area contributed by atoms with Gasteiger partial charge in [-0.2, -0.15) is 13.2 Å². The van der Waals surface area contributed by atoms with Crippen molar-refractivity contribution >= 4 is 16.7 Å². The second-order valence-electron chi connectivity index (χ2n) is 7.58. The van der Waals surface area contributed by atoms with E-state index < -0.39 is 17.8 Å². The molecule has 0 spiro atoms. The molecule has 0 fully saturated rings. The Bertz CT molecular complexity index is 1110. The highest BCUT2D eigenvalue weighted by Gasteiger charge is 2.31. The van der Waals surface area contributed by atoms with Crippen LogP contribution in [0.4, 0.5) is 19.0 Å². The predicted molar refractivity (Wildman–Crippen MR) is 119 cm³/mol. The second kappa shape index (κ2) is 10.2. The average Bonchev–Trinajstić information content (AvgIpc) is 2.78. The van der Waals surface area contributed by atoms with Crippen molar-refractivity contribution in [1.82, 2.24) is 15.0 Å². The Morgan fingerprint density at radius 3 is 2.48 bits per heavy atom. The van der Waals surface area contributed by atoms with Gasteiger partial charge in [0.25, 0.3) is 0 Å². The molecule has 0 aliphatic heterocycles. The standard InChI is InChI=1S/C23H27F3N4O3/c1-6-16(12-31-4)33-21-10-17-19(11-20(21)32-5)29-14(3)30-22(17)28-13(2)18-9-15(7-8-27-18)23(24,25)26/h7-11,13,16H,6,12H2,1-5H3,(H,28,29,30)/t13-,16?/m1/s1. The lowest BCUT2D eigenvalue weighted by molar-refractivity contribution is -0.137. The van der Waals surface area contributed by atoms with Crippen LogP contribution in [0.5, 0.6) is 11.5 Å². The Kier molecular flexibility index (Phi) is 7.57. The highest BCUT2D eigenvalue weighted by molar-refractivity contribution is 5.92. The van der Waals surface area contributed by atoms with Gasteiger partial charge in [-0.15, -0.1) is 0 Å². The molecule has 0 amide bonds. The Labute approximate surface area is 190 Å². The minimum atomic E-state index is -4.45. The van der Waals surface area contributed by atoms with Crippen LogP contribution in [0.15, 0.2) is 30.5 Å². The van der Waals surface area contributed by atoms with Gasteiger partial charge in [0, 0.05) is 24.8 Å². The van der Waals surface area contributed by atoms with Gasteiger partial charge in [0.05, 0.1) is 36.5 Å². The summed E-state index contributed by atoms with van der Waals surface area (Å²) < 4.78 is 56.2. The van der Waals surface area contributed by atoms with Gasteiger partial charge in [0.2, 0.25) is 0 Å². The number of nitrogens with zero attached hydrogens (tertiary/aromatic N) is 3. The molecule has 10 heteroatoms. The lowest BCUT2D eigenvalue weighted by Gasteiger charge is -2.21. The number of hydrogen-bond donors (Lipinski definition) is 1. The minimum absolute atomic E-state index is 0.183. The number of halogens is 3. The summed E-state index contributed by atoms with van der Waals surface area (Å²) in [6, 6.07) is 4.94. The van der Waals surface area contributed by atoms with E-state index in [0.717, 1.165) is 24.8 Å². The zero-order valence-corrected chi connectivity index (χ0v) is 19.2. The van der Waals surface area contributed by atoms with E-state index in [2.05, 4.69) is 20.3 Å². The molecule has 0 saturated carbocycles. The summed E-state index contributed by atoms with van der Waals surface area (Å²) in [4.78, 5) is 13.1. The van der Waals surface area contributed by atoms with E-state index in [1.165, 1.54) is 0 Å². The van der Waals surface area contributed by atoms with Crippen molar-refractivity contribution in [2.24, 2.45) is 0 Å². The molecule has 2 atom stereocenters. The van der Waals surface area contributed by atoms with E-state index in [-0.39, 0.29) is 11.8 Å². The van der Waals surface area contributed by atoms with Crippen LogP contribution in [0.2, 0.25) is 0 Å². The van der Waals surface area contributed by atoms with Crippen LogP contribution in [-0.4, -0.2) is 41.9 Å². The molecule has 0 aliphatic rings. The quantitative estimate of drug-likeness (QED) is 0.458. The van der Waals surface area contributed by atoms with Crippen molar-refractivity contribution in [3.8, 4) is 11.5 Å². The fourth-order valence-corrected chi connectivity index (χ4v) is 3.36. The molecule has 0 saturated heterocycles. The number of anilines is 1. The molecule has 0 aliphatic carbocycles. The van der Waals surface area contributed by atoms with Gasteiger partial charge in [-0.25, -0.2) is 9.97 Å². The molecular weight excluding hydrogens is 437 g/mol. The molecule has 3 rings (SSSR count). The summed E-state index contributed by atoms with van der Waals surface area (Å²) in [7, 11) is 3.14. The van der Waals surface area contributed by atoms with Gasteiger partial charge >= 0.3 is 6.18 Å². The van der Waals surface area contributed by atoms with Gasteiger partial charge in [-0.05, 0) is 38.5 Å². The van der Waals surface area contributed by atoms with Gasteiger partial charge in [0.15, 0.2) is 11.5 Å². The summed E-state index contributed by atoms with van der Waals surface area (Å²) in [5.74, 6) is 1.95. The van der Waals surface area contributed by atoms with Crippen molar-refractivity contribution in [3.05, 3.63) is 47.5 Å². The van der Waals surface area contributed by atoms with Gasteiger partial charge in [-0.1, -0.05) is 6.92 Å². The Morgan fingerprint density at radius 2 is 1.85 bits per heavy atom. The topological polar surface area (TPSA) is 78.4 Å². The lowest BCUT2D eigenvalue weighted by atomic mass is 10.1. The van der Waals surface area contributed by atoms with E-state index in [1.54, 1.807) is 40.2 Å². The van der Waals surface area contributed by atoms with Crippen molar-refractivity contribution in [2.45, 2.75) is 45.5 Å². The minimum Gasteiger partial charge on any atom is -0.493 e. The molecule has 3 aromatic rings. The van der Waals surface area contributed by atoms with Crippen LogP contribution in [0.1, 0.15) is 43.4 Å². The summed E-state index contributed by atoms with van der Waals surface area (Å²) in [5.41, 5.74) is 0.0950. The largest absolute Gasteiger partial charge is 0.493 e. The SMILES string of the molecule is CCC(COC)Oc1cc2c(N[C@H](C)c3cc(C(F)(F)F)ccn3)nc(C)nc2cc1OC. The van der Waals surface area contributed by atoms with E-state index in [1.807, 2.05) is 6.92 Å². The zero-order chi connectivity index (χ0) is 24.2. The molecule has 1 aromatic carbocycles. The van der Waals surface area contributed by atoms with Crippen molar-refractivity contribution in [2.75, 3.05) is 26.1 Å². The van der Waals surface area contributed by atoms with Crippen LogP contribution >= 0.6 is 0 Å². The Hall–Kier alpha value is -3.14. The number of benzene rings is 1. The fourth-order valence-electron chi connectivity index (χ4n) is 3.36. The Morgan fingerprint density at radius 1 is 1.09 bits per heavy atom. The number of hydrogen-bond acceptors (Lipinski definition) is 7. The van der Waals surface area contributed by atoms with Gasteiger partial charge in [-0.3, -0.25) is 4.98 Å². The first-order valence-electron chi connectivity index (χ1n) is 10.5. The number of aromatic nitrogens is 3. The summed E-state index contributed by atoms with van der Waals surface area (Å²) in [6.45, 7) is 5.85. The molecule has 33 heavy (non-hydrogen) atoms. The Balaban J connectivity index is 2.01. The molecule has 2 aromatic heterocycles. The van der Waals surface area contributed by atoms with Gasteiger partial charge in [0.1, 0.15) is 17.7 Å². The van der Waals surface area contributed by atoms with Crippen LogP contribution in [0.3, 0.4) is 0 Å². The number of aryl methyl sites for hydroxylation is 1. The van der Waals surface area contributed by atoms with Crippen LogP contribution in [0, 0.1) is 6.92 Å². The number of methoxy groups -OCH3 is 2. The van der Waals surface area contributed by atoms with E-state index in [0.29, 0.717) is 40.7 Å². The molecule has 2 heterocycles. The number of pyridine rings is 1. The van der Waals surface area contributed by atoms with E-state index in [4.69, 9.17) is 14.2 Å². The summed E-state index contributed by atoms with van der Waals surface area (Å²) in [6.07, 6.45) is -2.76. The number of rotatable bonds is 9. The van der Waals surface area contributed by atoms with Crippen molar-refractivity contribution in [1.29, 1.82) is 0 Å². The maximum absolute atomic E-state index is 13.1. The third kappa shape index (κ3) is 5.81. The van der Waals surface area contributed by atoms with Crippen LogP contribution in [-0.2, 0) is 10.9 Å². The average molecular weight is 464 g/mol. The molecule has 0 bridgehead atoms. The van der Waals surface area contributed by atoms with Crippen molar-refractivity contribution in [3.63, 3.8) is 0 Å². The fraction of sp³-hybridized carbons (Fsp3) is 0.435.